The van der Waals surface area contributed by atoms with E-state index in [1.165, 1.54) is 0 Å². The molecule has 4 nitrogen and oxygen atoms in total. The minimum atomic E-state index is -0.319. The van der Waals surface area contributed by atoms with Crippen molar-refractivity contribution in [3.63, 3.8) is 0 Å². The number of hydrogen-bond acceptors (Lipinski definition) is 3. The third-order valence-electron chi connectivity index (χ3n) is 3.72. The third-order valence-corrected chi connectivity index (χ3v) is 5.00. The zero-order valence-corrected chi connectivity index (χ0v) is 12.7. The molecule has 5 heteroatoms. The number of urea groups is 1. The average molecular weight is 289 g/mol. The van der Waals surface area contributed by atoms with E-state index in [-0.39, 0.29) is 10.8 Å². The quantitative estimate of drug-likeness (QED) is 0.909. The zero-order chi connectivity index (χ0) is 14.6. The smallest absolute Gasteiger partial charge is 0.321 e. The second-order valence-electron chi connectivity index (χ2n) is 5.10. The van der Waals surface area contributed by atoms with E-state index in [2.05, 4.69) is 11.4 Å². The normalized spacial score (nSPS) is 17.4. The molecule has 0 aliphatic carbocycles. The Morgan fingerprint density at radius 3 is 2.70 bits per heavy atom. The van der Waals surface area contributed by atoms with Gasteiger partial charge < -0.3 is 10.2 Å². The van der Waals surface area contributed by atoms with E-state index in [1.54, 1.807) is 16.7 Å². The number of anilines is 1. The lowest BCUT2D eigenvalue weighted by molar-refractivity contribution is 0.196. The highest BCUT2D eigenvalue weighted by Crippen LogP contribution is 2.33. The summed E-state index contributed by atoms with van der Waals surface area (Å²) in [6.07, 6.45) is 3.42. The molecule has 1 heterocycles. The van der Waals surface area contributed by atoms with Gasteiger partial charge in [-0.3, -0.25) is 0 Å². The van der Waals surface area contributed by atoms with E-state index >= 15 is 0 Å². The van der Waals surface area contributed by atoms with Gasteiger partial charge in [0, 0.05) is 18.8 Å². The SMILES string of the molecule is CSC1(C#N)CCN(C(=O)Nc2cccc(C)c2)CC1. The van der Waals surface area contributed by atoms with Crippen LogP contribution >= 0.6 is 11.8 Å². The molecule has 106 valence electrons. The molecule has 0 unspecified atom stereocenters. The Bertz CT molecular complexity index is 530. The van der Waals surface area contributed by atoms with Gasteiger partial charge in [0.2, 0.25) is 0 Å². The first-order valence-corrected chi connectivity index (χ1v) is 7.90. The Morgan fingerprint density at radius 1 is 1.45 bits per heavy atom. The molecule has 1 aliphatic rings. The molecule has 1 aromatic carbocycles. The van der Waals surface area contributed by atoms with Crippen molar-refractivity contribution < 1.29 is 4.79 Å². The molecule has 1 aromatic rings. The summed E-state index contributed by atoms with van der Waals surface area (Å²) < 4.78 is -0.319. The van der Waals surface area contributed by atoms with Crippen LogP contribution in [0.5, 0.6) is 0 Å². The van der Waals surface area contributed by atoms with Crippen LogP contribution in [0.25, 0.3) is 0 Å². The number of amides is 2. The van der Waals surface area contributed by atoms with Crippen molar-refractivity contribution in [2.24, 2.45) is 0 Å². The van der Waals surface area contributed by atoms with Crippen LogP contribution in [0.1, 0.15) is 18.4 Å². The van der Waals surface area contributed by atoms with Gasteiger partial charge in [-0.1, -0.05) is 12.1 Å². The Morgan fingerprint density at radius 2 is 2.15 bits per heavy atom. The Kier molecular flexibility index (Phi) is 4.56. The molecule has 0 saturated carbocycles. The molecule has 0 bridgehead atoms. The van der Waals surface area contributed by atoms with Crippen LogP contribution in [0.15, 0.2) is 24.3 Å². The summed E-state index contributed by atoms with van der Waals surface area (Å²) in [6.45, 7) is 3.26. The number of benzene rings is 1. The minimum absolute atomic E-state index is 0.0803. The lowest BCUT2D eigenvalue weighted by Gasteiger charge is -2.36. The summed E-state index contributed by atoms with van der Waals surface area (Å²) in [5, 5.41) is 12.2. The number of nitriles is 1. The number of piperidine rings is 1. The Hall–Kier alpha value is -1.67. The van der Waals surface area contributed by atoms with Crippen LogP contribution in [-0.4, -0.2) is 35.0 Å². The highest BCUT2D eigenvalue weighted by Gasteiger charge is 2.35. The third kappa shape index (κ3) is 3.26. The van der Waals surface area contributed by atoms with Crippen molar-refractivity contribution in [2.75, 3.05) is 24.7 Å². The lowest BCUT2D eigenvalue weighted by Crippen LogP contribution is -2.46. The number of hydrogen-bond donors (Lipinski definition) is 1. The average Bonchev–Trinajstić information content (AvgIpc) is 2.47. The maximum absolute atomic E-state index is 12.2. The predicted octanol–water partition coefficient (Wildman–Crippen LogP) is 3.25. The van der Waals surface area contributed by atoms with Gasteiger partial charge in [-0.05, 0) is 43.7 Å². The fourth-order valence-electron chi connectivity index (χ4n) is 2.36. The van der Waals surface area contributed by atoms with Gasteiger partial charge in [0.05, 0.1) is 6.07 Å². The van der Waals surface area contributed by atoms with Crippen LogP contribution in [-0.2, 0) is 0 Å². The van der Waals surface area contributed by atoms with Gasteiger partial charge in [-0.25, -0.2) is 4.79 Å². The van der Waals surface area contributed by atoms with Gasteiger partial charge in [0.25, 0.3) is 0 Å². The molecule has 0 aromatic heterocycles. The maximum Gasteiger partial charge on any atom is 0.321 e. The molecule has 2 rings (SSSR count). The monoisotopic (exact) mass is 289 g/mol. The van der Waals surface area contributed by atoms with Crippen LogP contribution < -0.4 is 5.32 Å². The molecular weight excluding hydrogens is 270 g/mol. The highest BCUT2D eigenvalue weighted by molar-refractivity contribution is 8.00. The molecule has 20 heavy (non-hydrogen) atoms. The first-order valence-electron chi connectivity index (χ1n) is 6.67. The first-order chi connectivity index (χ1) is 9.58. The number of thioether (sulfide) groups is 1. The second-order valence-corrected chi connectivity index (χ2v) is 6.29. The summed E-state index contributed by atoms with van der Waals surface area (Å²) in [5.41, 5.74) is 1.93. The predicted molar refractivity (Wildman–Crippen MR) is 82.9 cm³/mol. The van der Waals surface area contributed by atoms with Crippen LogP contribution in [0, 0.1) is 18.3 Å². The van der Waals surface area contributed by atoms with E-state index in [9.17, 15) is 10.1 Å². The van der Waals surface area contributed by atoms with Gasteiger partial charge in [0.15, 0.2) is 0 Å². The van der Waals surface area contributed by atoms with Gasteiger partial charge in [-0.15, -0.1) is 11.8 Å². The molecule has 0 atom stereocenters. The zero-order valence-electron chi connectivity index (χ0n) is 11.8. The first kappa shape index (κ1) is 14.7. The van der Waals surface area contributed by atoms with E-state index in [4.69, 9.17) is 0 Å². The fraction of sp³-hybridized carbons (Fsp3) is 0.467. The van der Waals surface area contributed by atoms with Gasteiger partial charge >= 0.3 is 6.03 Å². The minimum Gasteiger partial charge on any atom is -0.324 e. The largest absolute Gasteiger partial charge is 0.324 e. The molecule has 0 spiro atoms. The number of nitrogens with zero attached hydrogens (tertiary/aromatic N) is 2. The highest BCUT2D eigenvalue weighted by atomic mass is 32.2. The van der Waals surface area contributed by atoms with Crippen molar-refractivity contribution in [2.45, 2.75) is 24.5 Å². The summed E-state index contributed by atoms with van der Waals surface area (Å²) in [5.74, 6) is 0. The standard InChI is InChI=1S/C15H19N3OS/c1-12-4-3-5-13(10-12)17-14(19)18-8-6-15(11-16,20-2)7-9-18/h3-5,10H,6-9H2,1-2H3,(H,17,19). The summed E-state index contributed by atoms with van der Waals surface area (Å²) in [4.78, 5) is 14.0. The van der Waals surface area contributed by atoms with Gasteiger partial charge in [-0.2, -0.15) is 5.26 Å². The van der Waals surface area contributed by atoms with Crippen LogP contribution in [0.3, 0.4) is 0 Å². The van der Waals surface area contributed by atoms with Crippen molar-refractivity contribution in [1.29, 1.82) is 5.26 Å². The summed E-state index contributed by atoms with van der Waals surface area (Å²) >= 11 is 1.59. The molecule has 1 N–H and O–H groups in total. The molecule has 0 radical (unpaired) electrons. The fourth-order valence-corrected chi connectivity index (χ4v) is 3.04. The van der Waals surface area contributed by atoms with Crippen molar-refractivity contribution in [1.82, 2.24) is 4.90 Å². The molecule has 1 fully saturated rings. The summed E-state index contributed by atoms with van der Waals surface area (Å²) in [6, 6.07) is 10.1. The number of aryl methyl sites for hydroxylation is 1. The topological polar surface area (TPSA) is 56.1 Å². The maximum atomic E-state index is 12.2. The van der Waals surface area contributed by atoms with E-state index in [1.807, 2.05) is 37.4 Å². The Labute approximate surface area is 124 Å². The number of rotatable bonds is 2. The molecule has 2 amide bonds. The van der Waals surface area contributed by atoms with Crippen molar-refractivity contribution >= 4 is 23.5 Å². The van der Waals surface area contributed by atoms with Crippen LogP contribution in [0.2, 0.25) is 0 Å². The second kappa shape index (κ2) is 6.19. The number of nitrogens with one attached hydrogen (secondary N) is 1. The summed E-state index contributed by atoms with van der Waals surface area (Å²) in [7, 11) is 0. The molecule has 1 saturated heterocycles. The van der Waals surface area contributed by atoms with Crippen LogP contribution in [0.4, 0.5) is 10.5 Å². The number of carbonyl (C=O) groups excluding carboxylic acids is 1. The lowest BCUT2D eigenvalue weighted by atomic mass is 9.97. The van der Waals surface area contributed by atoms with E-state index in [0.717, 1.165) is 24.1 Å². The molecular formula is C15H19N3OS. The van der Waals surface area contributed by atoms with E-state index in [0.29, 0.717) is 13.1 Å². The van der Waals surface area contributed by atoms with Crippen molar-refractivity contribution in [3.8, 4) is 6.07 Å². The Balaban J connectivity index is 1.94. The number of carbonyl (C=O) groups is 1. The number of likely N-dealkylation sites (tertiary alicyclic amines) is 1. The molecule has 1 aliphatic heterocycles. The van der Waals surface area contributed by atoms with Crippen molar-refractivity contribution in [3.05, 3.63) is 29.8 Å². The van der Waals surface area contributed by atoms with E-state index < -0.39 is 0 Å². The van der Waals surface area contributed by atoms with Gasteiger partial charge in [0.1, 0.15) is 4.75 Å².